The summed E-state index contributed by atoms with van der Waals surface area (Å²) in [5, 5.41) is 7.44. The molecule has 11 aromatic carbocycles. The molecule has 0 spiro atoms. The highest BCUT2D eigenvalue weighted by Crippen LogP contribution is 2.44. The summed E-state index contributed by atoms with van der Waals surface area (Å²) in [5.74, 6) is 0. The van der Waals surface area contributed by atoms with Gasteiger partial charge in [0.25, 0.3) is 0 Å². The predicted molar refractivity (Wildman–Crippen MR) is 272 cm³/mol. The first-order valence-corrected chi connectivity index (χ1v) is 22.0. The van der Waals surface area contributed by atoms with E-state index in [9.17, 15) is 0 Å². The summed E-state index contributed by atoms with van der Waals surface area (Å²) in [4.78, 5) is 2.40. The molecule has 0 aliphatic heterocycles. The zero-order valence-electron chi connectivity index (χ0n) is 35.1. The van der Waals surface area contributed by atoms with Gasteiger partial charge >= 0.3 is 0 Å². The quantitative estimate of drug-likeness (QED) is 0.148. The number of aromatic nitrogens is 1. The van der Waals surface area contributed by atoms with E-state index in [-0.39, 0.29) is 0 Å². The summed E-state index contributed by atoms with van der Waals surface area (Å²) in [6.45, 7) is 0. The number of hydrogen-bond donors (Lipinski definition) is 0. The zero-order valence-corrected chi connectivity index (χ0v) is 35.1. The molecule has 2 nitrogen and oxygen atoms in total. The molecular formula is C62H42N2. The number of hydrogen-bond acceptors (Lipinski definition) is 1. The van der Waals surface area contributed by atoms with Crippen LogP contribution in [0.25, 0.3) is 93.5 Å². The largest absolute Gasteiger partial charge is 0.310 e. The van der Waals surface area contributed by atoms with Crippen LogP contribution in [-0.2, 0) is 0 Å². The van der Waals surface area contributed by atoms with Gasteiger partial charge in [-0.3, -0.25) is 0 Å². The third kappa shape index (κ3) is 6.61. The molecule has 0 unspecified atom stereocenters. The van der Waals surface area contributed by atoms with Crippen LogP contribution in [0, 0.1) is 0 Å². The predicted octanol–water partition coefficient (Wildman–Crippen LogP) is 17.2. The van der Waals surface area contributed by atoms with E-state index in [0.717, 1.165) is 28.3 Å². The van der Waals surface area contributed by atoms with Crippen molar-refractivity contribution in [2.75, 3.05) is 4.90 Å². The second-order valence-corrected chi connectivity index (χ2v) is 16.5. The Morgan fingerprint density at radius 1 is 0.250 bits per heavy atom. The van der Waals surface area contributed by atoms with Gasteiger partial charge in [-0.05, 0) is 121 Å². The SMILES string of the molecule is c1ccc(-c2cc(N(c3ccc(-c4ccc(-c5ccc6ccccc6c5)cc4)cc3)c3ccc4ccccc4c3)ccc2-c2ccccc2-n2c3ccccc3c3ccccc32)cc1. The molecule has 0 saturated heterocycles. The molecule has 0 aliphatic carbocycles. The average molecular weight is 815 g/mol. The summed E-state index contributed by atoms with van der Waals surface area (Å²) in [6.07, 6.45) is 0. The third-order valence-electron chi connectivity index (χ3n) is 12.8. The lowest BCUT2D eigenvalue weighted by atomic mass is 9.92. The van der Waals surface area contributed by atoms with Crippen LogP contribution < -0.4 is 4.90 Å². The number of para-hydroxylation sites is 3. The van der Waals surface area contributed by atoms with Crippen molar-refractivity contribution in [1.82, 2.24) is 4.57 Å². The second kappa shape index (κ2) is 15.8. The van der Waals surface area contributed by atoms with Crippen LogP contribution >= 0.6 is 0 Å². The number of anilines is 3. The van der Waals surface area contributed by atoms with E-state index in [1.165, 1.54) is 82.3 Å². The van der Waals surface area contributed by atoms with Crippen LogP contribution in [0.15, 0.2) is 255 Å². The van der Waals surface area contributed by atoms with E-state index in [1.54, 1.807) is 0 Å². The molecule has 1 aromatic heterocycles. The molecule has 0 saturated carbocycles. The Kier molecular flexibility index (Phi) is 9.20. The number of nitrogens with zero attached hydrogens (tertiary/aromatic N) is 2. The van der Waals surface area contributed by atoms with Gasteiger partial charge in [0.15, 0.2) is 0 Å². The molecule has 0 aliphatic rings. The minimum Gasteiger partial charge on any atom is -0.310 e. The van der Waals surface area contributed by atoms with E-state index in [4.69, 9.17) is 0 Å². The normalized spacial score (nSPS) is 11.4. The van der Waals surface area contributed by atoms with Gasteiger partial charge in [0.1, 0.15) is 0 Å². The molecule has 0 atom stereocenters. The van der Waals surface area contributed by atoms with Crippen LogP contribution in [0.5, 0.6) is 0 Å². The smallest absolute Gasteiger partial charge is 0.0541 e. The Hall–Kier alpha value is -8.46. The first-order chi connectivity index (χ1) is 31.7. The van der Waals surface area contributed by atoms with Crippen molar-refractivity contribution in [1.29, 1.82) is 0 Å². The van der Waals surface area contributed by atoms with Crippen molar-refractivity contribution in [3.8, 4) is 50.2 Å². The molecule has 0 bridgehead atoms. The van der Waals surface area contributed by atoms with Crippen LogP contribution in [0.2, 0.25) is 0 Å². The molecule has 1 heterocycles. The fourth-order valence-corrected chi connectivity index (χ4v) is 9.63. The van der Waals surface area contributed by atoms with Gasteiger partial charge in [-0.25, -0.2) is 0 Å². The van der Waals surface area contributed by atoms with Gasteiger partial charge in [-0.15, -0.1) is 0 Å². The third-order valence-corrected chi connectivity index (χ3v) is 12.8. The number of rotatable bonds is 8. The van der Waals surface area contributed by atoms with E-state index in [2.05, 4.69) is 264 Å². The van der Waals surface area contributed by atoms with E-state index < -0.39 is 0 Å². The van der Waals surface area contributed by atoms with Gasteiger partial charge in [-0.2, -0.15) is 0 Å². The maximum Gasteiger partial charge on any atom is 0.0541 e. The highest BCUT2D eigenvalue weighted by molar-refractivity contribution is 6.10. The van der Waals surface area contributed by atoms with Gasteiger partial charge in [0.2, 0.25) is 0 Å². The van der Waals surface area contributed by atoms with Crippen LogP contribution in [-0.4, -0.2) is 4.57 Å². The fourth-order valence-electron chi connectivity index (χ4n) is 9.63. The van der Waals surface area contributed by atoms with Crippen molar-refractivity contribution in [3.63, 3.8) is 0 Å². The molecule has 12 aromatic rings. The first-order valence-electron chi connectivity index (χ1n) is 22.0. The highest BCUT2D eigenvalue weighted by atomic mass is 15.1. The standard InChI is InChI=1S/C62H42N2/c1-2-16-48(17-3-1)59-42-54(38-39-55(59)56-20-8-11-23-60(56)64-61-24-12-9-21-57(61)58-22-10-13-25-62(58)64)63(53-37-34-44-15-5-7-19-50(44)41-53)52-35-32-46(33-36-52)45-26-28-47(29-27-45)51-31-30-43-14-4-6-18-49(43)40-51/h1-42H. The summed E-state index contributed by atoms with van der Waals surface area (Å²) >= 11 is 0. The number of benzene rings is 11. The maximum atomic E-state index is 2.43. The van der Waals surface area contributed by atoms with Crippen molar-refractivity contribution < 1.29 is 0 Å². The Labute approximate surface area is 373 Å². The van der Waals surface area contributed by atoms with Crippen molar-refractivity contribution in [2.24, 2.45) is 0 Å². The van der Waals surface area contributed by atoms with Gasteiger partial charge < -0.3 is 9.47 Å². The minimum absolute atomic E-state index is 1.08. The fraction of sp³-hybridized carbons (Fsp3) is 0. The minimum atomic E-state index is 1.08. The summed E-state index contributed by atoms with van der Waals surface area (Å²) in [7, 11) is 0. The lowest BCUT2D eigenvalue weighted by Crippen LogP contribution is -2.10. The molecule has 300 valence electrons. The molecule has 2 heteroatoms. The Morgan fingerprint density at radius 3 is 1.41 bits per heavy atom. The van der Waals surface area contributed by atoms with Crippen molar-refractivity contribution >= 4 is 60.4 Å². The lowest BCUT2D eigenvalue weighted by Gasteiger charge is -2.27. The zero-order chi connectivity index (χ0) is 42.4. The highest BCUT2D eigenvalue weighted by Gasteiger charge is 2.20. The molecule has 64 heavy (non-hydrogen) atoms. The van der Waals surface area contributed by atoms with E-state index in [0.29, 0.717) is 0 Å². The van der Waals surface area contributed by atoms with Gasteiger partial charge in [0.05, 0.1) is 16.7 Å². The molecular weight excluding hydrogens is 773 g/mol. The Morgan fingerprint density at radius 2 is 0.719 bits per heavy atom. The summed E-state index contributed by atoms with van der Waals surface area (Å²) in [5.41, 5.74) is 16.3. The molecule has 12 rings (SSSR count). The van der Waals surface area contributed by atoms with Crippen LogP contribution in [0.3, 0.4) is 0 Å². The summed E-state index contributed by atoms with van der Waals surface area (Å²) < 4.78 is 2.43. The average Bonchev–Trinajstić information content (AvgIpc) is 3.71. The second-order valence-electron chi connectivity index (χ2n) is 16.5. The Bertz CT molecular complexity index is 3600. The molecule has 0 amide bonds. The molecule has 0 radical (unpaired) electrons. The van der Waals surface area contributed by atoms with Gasteiger partial charge in [0, 0.05) is 33.4 Å². The number of fused-ring (bicyclic) bond motifs is 5. The van der Waals surface area contributed by atoms with E-state index >= 15 is 0 Å². The molecule has 0 N–H and O–H groups in total. The monoisotopic (exact) mass is 814 g/mol. The maximum absolute atomic E-state index is 2.43. The van der Waals surface area contributed by atoms with Crippen molar-refractivity contribution in [3.05, 3.63) is 255 Å². The topological polar surface area (TPSA) is 8.17 Å². The van der Waals surface area contributed by atoms with E-state index in [1.807, 2.05) is 0 Å². The van der Waals surface area contributed by atoms with Crippen molar-refractivity contribution in [2.45, 2.75) is 0 Å². The van der Waals surface area contributed by atoms with Crippen LogP contribution in [0.1, 0.15) is 0 Å². The summed E-state index contributed by atoms with van der Waals surface area (Å²) in [6, 6.07) is 92.8. The first kappa shape index (κ1) is 37.3. The van der Waals surface area contributed by atoms with Crippen LogP contribution in [0.4, 0.5) is 17.1 Å². The molecule has 0 fully saturated rings. The lowest BCUT2D eigenvalue weighted by molar-refractivity contribution is 1.18. The Balaban J connectivity index is 0.980. The van der Waals surface area contributed by atoms with Gasteiger partial charge in [-0.1, -0.05) is 194 Å².